The Hall–Kier alpha value is -3.89. The number of carbonyl (C=O) groups is 2. The number of H-pyrrole nitrogens is 1. The molecule has 2 amide bonds. The zero-order valence-corrected chi connectivity index (χ0v) is 21.8. The summed E-state index contributed by atoms with van der Waals surface area (Å²) in [6, 6.07) is 13.2. The Labute approximate surface area is 216 Å². The van der Waals surface area contributed by atoms with Gasteiger partial charge in [0.2, 0.25) is 0 Å². The van der Waals surface area contributed by atoms with E-state index in [1.807, 2.05) is 25.8 Å². The molecular formula is C27H29N5O4S. The van der Waals surface area contributed by atoms with Crippen LogP contribution in [0.25, 0.3) is 11.6 Å². The Balaban J connectivity index is 1.47. The smallest absolute Gasteiger partial charge is 0.261 e. The molecule has 0 saturated carbocycles. The summed E-state index contributed by atoms with van der Waals surface area (Å²) in [5.41, 5.74) is 4.53. The third-order valence-electron chi connectivity index (χ3n) is 6.88. The van der Waals surface area contributed by atoms with Crippen molar-refractivity contribution in [3.8, 4) is 0 Å². The molecule has 37 heavy (non-hydrogen) atoms. The summed E-state index contributed by atoms with van der Waals surface area (Å²) >= 11 is 0. The SMILES string of the molecule is Cc1[nH]c(C=C2C(=O)Nc3ccc(S(=O)(=O)Nc4ccccc4)cc32)c(C)c1C(=O)N1CCN(C)CC1. The lowest BCUT2D eigenvalue weighted by Gasteiger charge is -2.32. The molecule has 9 nitrogen and oxygen atoms in total. The van der Waals surface area contributed by atoms with Gasteiger partial charge in [0.25, 0.3) is 21.8 Å². The van der Waals surface area contributed by atoms with Crippen LogP contribution in [-0.2, 0) is 14.8 Å². The average molecular weight is 520 g/mol. The zero-order valence-electron chi connectivity index (χ0n) is 21.0. The van der Waals surface area contributed by atoms with Crippen LogP contribution in [-0.4, -0.2) is 68.2 Å². The molecule has 1 aromatic heterocycles. The first kappa shape index (κ1) is 24.8. The molecule has 3 N–H and O–H groups in total. The number of nitrogens with one attached hydrogen (secondary N) is 3. The lowest BCUT2D eigenvalue weighted by atomic mass is 10.0. The van der Waals surface area contributed by atoms with Crippen LogP contribution in [0.2, 0.25) is 0 Å². The molecule has 1 fully saturated rings. The zero-order chi connectivity index (χ0) is 26.3. The minimum atomic E-state index is -3.86. The van der Waals surface area contributed by atoms with Crippen LogP contribution < -0.4 is 10.0 Å². The lowest BCUT2D eigenvalue weighted by molar-refractivity contribution is -0.110. The van der Waals surface area contributed by atoms with Gasteiger partial charge < -0.3 is 20.1 Å². The summed E-state index contributed by atoms with van der Waals surface area (Å²) in [4.78, 5) is 33.5. The number of anilines is 2. The summed E-state index contributed by atoms with van der Waals surface area (Å²) in [5.74, 6) is -0.361. The number of hydrogen-bond acceptors (Lipinski definition) is 5. The van der Waals surface area contributed by atoms with E-state index in [4.69, 9.17) is 0 Å². The van der Waals surface area contributed by atoms with E-state index < -0.39 is 10.0 Å². The van der Waals surface area contributed by atoms with Crippen molar-refractivity contribution in [1.29, 1.82) is 0 Å². The predicted molar refractivity (Wildman–Crippen MR) is 144 cm³/mol. The van der Waals surface area contributed by atoms with Gasteiger partial charge in [-0.1, -0.05) is 18.2 Å². The summed E-state index contributed by atoms with van der Waals surface area (Å²) in [5, 5.41) is 2.80. The normalized spacial score (nSPS) is 17.1. The molecule has 0 unspecified atom stereocenters. The number of benzene rings is 2. The van der Waals surface area contributed by atoms with Gasteiger partial charge in [0.05, 0.1) is 16.0 Å². The number of piperazine rings is 1. The fraction of sp³-hybridized carbons (Fsp3) is 0.259. The standard InChI is InChI=1S/C27H29N5O4S/c1-17-24(28-18(2)25(17)27(34)32-13-11-31(3)12-14-32)16-22-21-15-20(9-10-23(21)29-26(22)33)37(35,36)30-19-7-5-4-6-8-19/h4-10,15-16,28,30H,11-14H2,1-3H3,(H,29,33). The monoisotopic (exact) mass is 519 g/mol. The number of rotatable bonds is 5. The van der Waals surface area contributed by atoms with Gasteiger partial charge in [0, 0.05) is 54.5 Å². The number of fused-ring (bicyclic) bond motifs is 1. The number of likely N-dealkylation sites (N-methyl/N-ethyl adjacent to an activating group) is 1. The van der Waals surface area contributed by atoms with Crippen LogP contribution in [0, 0.1) is 13.8 Å². The first-order valence-corrected chi connectivity index (χ1v) is 13.5. The molecule has 0 atom stereocenters. The Bertz CT molecular complexity index is 1520. The van der Waals surface area contributed by atoms with Crippen molar-refractivity contribution in [2.24, 2.45) is 0 Å². The molecule has 1 saturated heterocycles. The third kappa shape index (κ3) is 4.77. The second kappa shape index (κ2) is 9.53. The molecule has 5 rings (SSSR count). The maximum absolute atomic E-state index is 13.3. The van der Waals surface area contributed by atoms with Crippen molar-refractivity contribution in [2.75, 3.05) is 43.3 Å². The van der Waals surface area contributed by atoms with Gasteiger partial charge in [-0.05, 0) is 62.9 Å². The molecule has 192 valence electrons. The molecule has 2 aromatic carbocycles. The number of aromatic nitrogens is 1. The van der Waals surface area contributed by atoms with Gasteiger partial charge in [-0.25, -0.2) is 8.42 Å². The van der Waals surface area contributed by atoms with Crippen molar-refractivity contribution >= 4 is 44.9 Å². The lowest BCUT2D eigenvalue weighted by Crippen LogP contribution is -2.47. The first-order valence-electron chi connectivity index (χ1n) is 12.1. The highest BCUT2D eigenvalue weighted by Crippen LogP contribution is 2.36. The van der Waals surface area contributed by atoms with Crippen LogP contribution >= 0.6 is 0 Å². The van der Waals surface area contributed by atoms with Crippen LogP contribution in [0.5, 0.6) is 0 Å². The quantitative estimate of drug-likeness (QED) is 0.448. The number of amides is 2. The van der Waals surface area contributed by atoms with E-state index in [0.717, 1.165) is 24.3 Å². The maximum Gasteiger partial charge on any atom is 0.261 e. The molecular weight excluding hydrogens is 490 g/mol. The Kier molecular flexibility index (Phi) is 6.38. The van der Waals surface area contributed by atoms with E-state index in [-0.39, 0.29) is 16.7 Å². The molecule has 0 bridgehead atoms. The highest BCUT2D eigenvalue weighted by Gasteiger charge is 2.29. The van der Waals surface area contributed by atoms with E-state index >= 15 is 0 Å². The highest BCUT2D eigenvalue weighted by atomic mass is 32.2. The molecule has 3 heterocycles. The van der Waals surface area contributed by atoms with Crippen LogP contribution in [0.1, 0.15) is 32.9 Å². The Morgan fingerprint density at radius 1 is 1.03 bits per heavy atom. The van der Waals surface area contributed by atoms with E-state index in [0.29, 0.717) is 46.9 Å². The number of aromatic amines is 1. The highest BCUT2D eigenvalue weighted by molar-refractivity contribution is 7.92. The minimum absolute atomic E-state index is 0.0272. The van der Waals surface area contributed by atoms with Crippen LogP contribution in [0.3, 0.4) is 0 Å². The number of carbonyl (C=O) groups excluding carboxylic acids is 2. The van der Waals surface area contributed by atoms with Crippen LogP contribution in [0.4, 0.5) is 11.4 Å². The van der Waals surface area contributed by atoms with E-state index in [1.54, 1.807) is 42.5 Å². The molecule has 0 radical (unpaired) electrons. The molecule has 3 aromatic rings. The van der Waals surface area contributed by atoms with Crippen molar-refractivity contribution in [2.45, 2.75) is 18.7 Å². The average Bonchev–Trinajstić information content (AvgIpc) is 3.33. The van der Waals surface area contributed by atoms with Crippen molar-refractivity contribution in [3.05, 3.63) is 76.6 Å². The van der Waals surface area contributed by atoms with Gasteiger partial charge >= 0.3 is 0 Å². The fourth-order valence-electron chi connectivity index (χ4n) is 4.75. The van der Waals surface area contributed by atoms with E-state index in [1.165, 1.54) is 12.1 Å². The predicted octanol–water partition coefficient (Wildman–Crippen LogP) is 3.31. The van der Waals surface area contributed by atoms with Crippen LogP contribution in [0.15, 0.2) is 53.4 Å². The van der Waals surface area contributed by atoms with Gasteiger partial charge in [-0.2, -0.15) is 0 Å². The number of aryl methyl sites for hydroxylation is 1. The van der Waals surface area contributed by atoms with Gasteiger partial charge in [0.1, 0.15) is 0 Å². The second-order valence-electron chi connectivity index (χ2n) is 9.45. The van der Waals surface area contributed by atoms with Gasteiger partial charge in [-0.15, -0.1) is 0 Å². The minimum Gasteiger partial charge on any atom is -0.358 e. The molecule has 10 heteroatoms. The maximum atomic E-state index is 13.3. The Morgan fingerprint density at radius 3 is 2.43 bits per heavy atom. The van der Waals surface area contributed by atoms with E-state index in [2.05, 4.69) is 19.9 Å². The molecule has 2 aliphatic rings. The Morgan fingerprint density at radius 2 is 1.73 bits per heavy atom. The third-order valence-corrected chi connectivity index (χ3v) is 8.26. The summed E-state index contributed by atoms with van der Waals surface area (Å²) in [6.45, 7) is 6.69. The summed E-state index contributed by atoms with van der Waals surface area (Å²) in [6.07, 6.45) is 1.69. The summed E-state index contributed by atoms with van der Waals surface area (Å²) < 4.78 is 28.6. The van der Waals surface area contributed by atoms with Crippen molar-refractivity contribution in [1.82, 2.24) is 14.8 Å². The number of hydrogen-bond donors (Lipinski definition) is 3. The second-order valence-corrected chi connectivity index (χ2v) is 11.1. The first-order chi connectivity index (χ1) is 17.6. The summed E-state index contributed by atoms with van der Waals surface area (Å²) in [7, 11) is -1.83. The largest absolute Gasteiger partial charge is 0.358 e. The molecule has 0 spiro atoms. The fourth-order valence-corrected chi connectivity index (χ4v) is 5.83. The number of nitrogens with zero attached hydrogens (tertiary/aromatic N) is 2. The van der Waals surface area contributed by atoms with Gasteiger partial charge in [0.15, 0.2) is 0 Å². The molecule has 2 aliphatic heterocycles. The topological polar surface area (TPSA) is 115 Å². The van der Waals surface area contributed by atoms with Crippen molar-refractivity contribution < 1.29 is 18.0 Å². The number of sulfonamides is 1. The van der Waals surface area contributed by atoms with E-state index in [9.17, 15) is 18.0 Å². The van der Waals surface area contributed by atoms with Gasteiger partial charge in [-0.3, -0.25) is 14.3 Å². The number of para-hydroxylation sites is 1. The molecule has 0 aliphatic carbocycles. The van der Waals surface area contributed by atoms with Crippen molar-refractivity contribution in [3.63, 3.8) is 0 Å².